The average Bonchev–Trinajstić information content (AvgIpc) is 3.30. The average molecular weight is 977 g/mol. The number of rotatable bonds is 51. The third kappa shape index (κ3) is 53.1. The lowest BCUT2D eigenvalue weighted by atomic mass is 10.0. The Morgan fingerprint density at radius 1 is 0.471 bits per heavy atom. The second-order valence-corrected chi connectivity index (χ2v) is 21.4. The van der Waals surface area contributed by atoms with Crippen molar-refractivity contribution in [3.63, 3.8) is 0 Å². The van der Waals surface area contributed by atoms with Gasteiger partial charge in [0, 0.05) is 12.8 Å². The van der Waals surface area contributed by atoms with E-state index in [0.29, 0.717) is 17.4 Å². The summed E-state index contributed by atoms with van der Waals surface area (Å²) in [7, 11) is 1.45. The van der Waals surface area contributed by atoms with Crippen LogP contribution in [-0.2, 0) is 32.7 Å². The molecule has 0 spiro atoms. The van der Waals surface area contributed by atoms with Crippen LogP contribution in [-0.4, -0.2) is 74.9 Å². The summed E-state index contributed by atoms with van der Waals surface area (Å²) in [6.07, 6.45) is 62.9. The Labute approximate surface area is 419 Å². The highest BCUT2D eigenvalue weighted by molar-refractivity contribution is 7.47. The fourth-order valence-corrected chi connectivity index (χ4v) is 8.49. The summed E-state index contributed by atoms with van der Waals surface area (Å²) in [5, 5.41) is 0. The maximum atomic E-state index is 12.8. The van der Waals surface area contributed by atoms with E-state index < -0.39 is 26.5 Å². The minimum absolute atomic E-state index is 0.0238. The molecule has 396 valence electrons. The Morgan fingerprint density at radius 2 is 0.838 bits per heavy atom. The molecule has 0 saturated carbocycles. The van der Waals surface area contributed by atoms with E-state index in [1.54, 1.807) is 0 Å². The van der Waals surface area contributed by atoms with Crippen molar-refractivity contribution in [3.05, 3.63) is 60.8 Å². The normalized spacial score (nSPS) is 13.8. The molecular formula is C58H107NO8P+. The van der Waals surface area contributed by atoms with E-state index in [-0.39, 0.29) is 32.0 Å². The number of quaternary nitrogens is 1. The van der Waals surface area contributed by atoms with Gasteiger partial charge < -0.3 is 18.9 Å². The van der Waals surface area contributed by atoms with Gasteiger partial charge >= 0.3 is 19.8 Å². The van der Waals surface area contributed by atoms with E-state index in [4.69, 9.17) is 18.5 Å². The summed E-state index contributed by atoms with van der Waals surface area (Å²) in [4.78, 5) is 35.6. The molecule has 0 amide bonds. The predicted molar refractivity (Wildman–Crippen MR) is 289 cm³/mol. The molecule has 10 heteroatoms. The quantitative estimate of drug-likeness (QED) is 0.0211. The number of hydrogen-bond acceptors (Lipinski definition) is 7. The van der Waals surface area contributed by atoms with Crippen molar-refractivity contribution in [3.8, 4) is 0 Å². The second-order valence-electron chi connectivity index (χ2n) is 19.9. The van der Waals surface area contributed by atoms with Gasteiger partial charge in [-0.2, -0.15) is 0 Å². The summed E-state index contributed by atoms with van der Waals surface area (Å²) in [5.74, 6) is -0.829. The van der Waals surface area contributed by atoms with Crippen LogP contribution in [0.4, 0.5) is 0 Å². The number of carbonyl (C=O) groups is 2. The summed E-state index contributed by atoms with van der Waals surface area (Å²) in [5.41, 5.74) is 0. The SMILES string of the molecule is CC/C=C\C/C=C\C/C=C\C/C=C\C/C=C\CCCCCC(=O)OC(COC(=O)CCCCCCCCCCCCCCCCCCCCCCCCCCC)COP(=O)(O)OCC[N+](C)(C)C. The van der Waals surface area contributed by atoms with Gasteiger partial charge in [0.25, 0.3) is 0 Å². The fourth-order valence-electron chi connectivity index (χ4n) is 7.75. The molecule has 0 heterocycles. The Morgan fingerprint density at radius 3 is 1.25 bits per heavy atom. The first-order valence-electron chi connectivity index (χ1n) is 28.0. The molecule has 0 aliphatic heterocycles. The number of ether oxygens (including phenoxy) is 2. The molecule has 0 aliphatic carbocycles. The highest BCUT2D eigenvalue weighted by Gasteiger charge is 2.27. The molecule has 0 fully saturated rings. The third-order valence-corrected chi connectivity index (χ3v) is 13.0. The number of likely N-dealkylation sites (N-methyl/N-ethyl adjacent to an activating group) is 1. The van der Waals surface area contributed by atoms with Crippen LogP contribution >= 0.6 is 7.82 Å². The van der Waals surface area contributed by atoms with Gasteiger partial charge in [-0.25, -0.2) is 4.57 Å². The zero-order valence-corrected chi connectivity index (χ0v) is 45.7. The Balaban J connectivity index is 4.19. The lowest BCUT2D eigenvalue weighted by molar-refractivity contribution is -0.870. The highest BCUT2D eigenvalue weighted by atomic mass is 31.2. The molecule has 0 aromatic heterocycles. The summed E-state index contributed by atoms with van der Waals surface area (Å²) in [6, 6.07) is 0. The number of phosphoric acid groups is 1. The largest absolute Gasteiger partial charge is 0.472 e. The number of carbonyl (C=O) groups excluding carboxylic acids is 2. The molecule has 0 aliphatic rings. The van der Waals surface area contributed by atoms with E-state index in [9.17, 15) is 19.0 Å². The van der Waals surface area contributed by atoms with Crippen molar-refractivity contribution in [2.45, 2.75) is 251 Å². The topological polar surface area (TPSA) is 108 Å². The summed E-state index contributed by atoms with van der Waals surface area (Å²) < 4.78 is 34.5. The van der Waals surface area contributed by atoms with Crippen LogP contribution in [0.3, 0.4) is 0 Å². The third-order valence-electron chi connectivity index (χ3n) is 12.1. The monoisotopic (exact) mass is 977 g/mol. The summed E-state index contributed by atoms with van der Waals surface area (Å²) >= 11 is 0. The van der Waals surface area contributed by atoms with E-state index >= 15 is 0 Å². The first-order valence-corrected chi connectivity index (χ1v) is 29.5. The van der Waals surface area contributed by atoms with Gasteiger partial charge in [-0.3, -0.25) is 18.6 Å². The van der Waals surface area contributed by atoms with E-state index in [0.717, 1.165) is 70.6 Å². The molecule has 0 radical (unpaired) electrons. The second kappa shape index (κ2) is 49.7. The number of nitrogens with zero attached hydrogens (tertiary/aromatic N) is 1. The van der Waals surface area contributed by atoms with Crippen LogP contribution in [0.5, 0.6) is 0 Å². The highest BCUT2D eigenvalue weighted by Crippen LogP contribution is 2.43. The predicted octanol–water partition coefficient (Wildman–Crippen LogP) is 17.1. The van der Waals surface area contributed by atoms with Crippen molar-refractivity contribution >= 4 is 19.8 Å². The van der Waals surface area contributed by atoms with Gasteiger partial charge in [-0.05, 0) is 57.8 Å². The van der Waals surface area contributed by atoms with Crippen LogP contribution < -0.4 is 0 Å². The lowest BCUT2D eigenvalue weighted by Gasteiger charge is -2.24. The van der Waals surface area contributed by atoms with Gasteiger partial charge in [0.15, 0.2) is 6.10 Å². The van der Waals surface area contributed by atoms with Crippen molar-refractivity contribution in [1.29, 1.82) is 0 Å². The van der Waals surface area contributed by atoms with Gasteiger partial charge in [-0.15, -0.1) is 0 Å². The van der Waals surface area contributed by atoms with Crippen molar-refractivity contribution in [2.24, 2.45) is 0 Å². The van der Waals surface area contributed by atoms with Crippen molar-refractivity contribution in [1.82, 2.24) is 0 Å². The van der Waals surface area contributed by atoms with Crippen LogP contribution in [0.1, 0.15) is 245 Å². The molecule has 2 atom stereocenters. The van der Waals surface area contributed by atoms with Gasteiger partial charge in [0.05, 0.1) is 27.7 Å². The Kier molecular flexibility index (Phi) is 48.0. The van der Waals surface area contributed by atoms with Crippen LogP contribution in [0.25, 0.3) is 0 Å². The van der Waals surface area contributed by atoms with Gasteiger partial charge in [0.2, 0.25) is 0 Å². The van der Waals surface area contributed by atoms with Crippen molar-refractivity contribution < 1.29 is 42.1 Å². The molecular weight excluding hydrogens is 870 g/mol. The first kappa shape index (κ1) is 65.7. The molecule has 0 rings (SSSR count). The molecule has 2 unspecified atom stereocenters. The first-order chi connectivity index (χ1) is 33.0. The van der Waals surface area contributed by atoms with E-state index in [1.165, 1.54) is 141 Å². The Hall–Kier alpha value is -2.29. The lowest BCUT2D eigenvalue weighted by Crippen LogP contribution is -2.37. The zero-order valence-electron chi connectivity index (χ0n) is 44.8. The van der Waals surface area contributed by atoms with E-state index in [1.807, 2.05) is 21.1 Å². The maximum absolute atomic E-state index is 12.8. The van der Waals surface area contributed by atoms with Gasteiger partial charge in [-0.1, -0.05) is 235 Å². The number of esters is 2. The minimum Gasteiger partial charge on any atom is -0.462 e. The number of phosphoric ester groups is 1. The molecule has 0 bridgehead atoms. The Bertz CT molecular complexity index is 1340. The summed E-state index contributed by atoms with van der Waals surface area (Å²) in [6.45, 7) is 4.30. The minimum atomic E-state index is -4.39. The zero-order chi connectivity index (χ0) is 49.9. The maximum Gasteiger partial charge on any atom is 0.472 e. The molecule has 68 heavy (non-hydrogen) atoms. The number of unbranched alkanes of at least 4 members (excludes halogenated alkanes) is 27. The molecule has 0 aromatic rings. The van der Waals surface area contributed by atoms with Crippen LogP contribution in [0.2, 0.25) is 0 Å². The molecule has 1 N–H and O–H groups in total. The van der Waals surface area contributed by atoms with Crippen molar-refractivity contribution in [2.75, 3.05) is 47.5 Å². The molecule has 0 saturated heterocycles. The number of hydrogen-bond donors (Lipinski definition) is 1. The number of allylic oxidation sites excluding steroid dienone is 10. The van der Waals surface area contributed by atoms with Crippen LogP contribution in [0, 0.1) is 0 Å². The van der Waals surface area contributed by atoms with E-state index in [2.05, 4.69) is 74.6 Å². The molecule has 9 nitrogen and oxygen atoms in total. The smallest absolute Gasteiger partial charge is 0.462 e. The van der Waals surface area contributed by atoms with Gasteiger partial charge in [0.1, 0.15) is 19.8 Å². The van der Waals surface area contributed by atoms with Crippen LogP contribution in [0.15, 0.2) is 60.8 Å². The fraction of sp³-hybridized carbons (Fsp3) is 0.793. The standard InChI is InChI=1S/C58H106NO8P/c1-6-8-10-12-14-16-18-20-22-24-26-27-28-29-30-31-33-34-36-38-40-42-44-46-48-50-57(60)64-54-56(55-66-68(62,63)65-53-52-59(3,4)5)67-58(61)51-49-47-45-43-41-39-37-35-32-25-23-21-19-17-15-13-11-9-7-2/h9,11,15,17,21,23,32,35,39,41,56H,6-8,10,12-14,16,18-20,22,24-31,33-34,36-38,40,42-55H2,1-5H3/p+1/b11-9-,17-15-,23-21-,35-32-,41-39-. The molecule has 0 aromatic carbocycles.